The molecule has 0 aromatic carbocycles. The molecule has 0 amide bonds. The summed E-state index contributed by atoms with van der Waals surface area (Å²) in [6.07, 6.45) is 0. The van der Waals surface area contributed by atoms with Gasteiger partial charge in [-0.15, -0.1) is 0 Å². The summed E-state index contributed by atoms with van der Waals surface area (Å²) in [6.45, 7) is 4.46. The predicted molar refractivity (Wildman–Crippen MR) is 58.1 cm³/mol. The number of aromatic amines is 1. The van der Waals surface area contributed by atoms with Crippen molar-refractivity contribution in [2.75, 3.05) is 0 Å². The molecule has 0 unspecified atom stereocenters. The molecule has 6 heteroatoms. The highest BCUT2D eigenvalue weighted by Crippen LogP contribution is 2.13. The second kappa shape index (κ2) is 4.48. The van der Waals surface area contributed by atoms with Crippen molar-refractivity contribution in [1.82, 2.24) is 9.55 Å². The number of nitrogens with zero attached hydrogens (tertiary/aromatic N) is 1. The summed E-state index contributed by atoms with van der Waals surface area (Å²) in [6, 6.07) is 0. The summed E-state index contributed by atoms with van der Waals surface area (Å²) in [5, 5.41) is -0.0224. The Kier molecular flexibility index (Phi) is 3.52. The summed E-state index contributed by atoms with van der Waals surface area (Å²) >= 11 is 1.10. The number of carbonyl (C=O) groups is 2. The highest BCUT2D eigenvalue weighted by molar-refractivity contribution is 8.12. The monoisotopic (exact) mass is 228 g/mol. The van der Waals surface area contributed by atoms with E-state index in [1.54, 1.807) is 6.92 Å². The van der Waals surface area contributed by atoms with Gasteiger partial charge in [-0.05, 0) is 6.92 Å². The van der Waals surface area contributed by atoms with Crippen LogP contribution in [0.1, 0.15) is 30.0 Å². The third-order valence-corrected chi connectivity index (χ3v) is 2.81. The van der Waals surface area contributed by atoms with Crippen LogP contribution in [-0.4, -0.2) is 20.6 Å². The van der Waals surface area contributed by atoms with Gasteiger partial charge in [-0.2, -0.15) is 0 Å². The summed E-state index contributed by atoms with van der Waals surface area (Å²) in [5.74, 6) is 0.0595. The first-order valence-electron chi connectivity index (χ1n) is 4.38. The highest BCUT2D eigenvalue weighted by Gasteiger charge is 2.13. The largest absolute Gasteiger partial charge is 0.332 e. The van der Waals surface area contributed by atoms with Gasteiger partial charge in [0.1, 0.15) is 0 Å². The number of imidazole rings is 1. The van der Waals surface area contributed by atoms with Gasteiger partial charge in [0.2, 0.25) is 5.91 Å². The quantitative estimate of drug-likeness (QED) is 0.817. The van der Waals surface area contributed by atoms with E-state index in [9.17, 15) is 14.4 Å². The molecular formula is C9H12N2O3S. The molecule has 0 fully saturated rings. The molecule has 15 heavy (non-hydrogen) atoms. The van der Waals surface area contributed by atoms with Crippen molar-refractivity contribution in [3.63, 3.8) is 0 Å². The van der Waals surface area contributed by atoms with Crippen molar-refractivity contribution in [1.29, 1.82) is 0 Å². The summed E-state index contributed by atoms with van der Waals surface area (Å²) in [4.78, 5) is 35.8. The Hall–Kier alpha value is -1.30. The molecular weight excluding hydrogens is 216 g/mol. The van der Waals surface area contributed by atoms with Crippen molar-refractivity contribution in [3.05, 3.63) is 21.9 Å². The Bertz CT molecular complexity index is 458. The Balaban J connectivity index is 3.02. The van der Waals surface area contributed by atoms with Gasteiger partial charge in [0, 0.05) is 31.0 Å². The molecule has 1 heterocycles. The van der Waals surface area contributed by atoms with Gasteiger partial charge in [0.05, 0.1) is 0 Å². The molecule has 1 aromatic rings. The smallest absolute Gasteiger partial charge is 0.308 e. The van der Waals surface area contributed by atoms with E-state index in [4.69, 9.17) is 0 Å². The van der Waals surface area contributed by atoms with Gasteiger partial charge in [-0.25, -0.2) is 9.36 Å². The molecule has 0 bridgehead atoms. The first kappa shape index (κ1) is 11.8. The minimum Gasteiger partial charge on any atom is -0.308 e. The van der Waals surface area contributed by atoms with Crippen LogP contribution in [-0.2, 0) is 10.5 Å². The van der Waals surface area contributed by atoms with Crippen molar-refractivity contribution in [2.24, 2.45) is 0 Å². The normalized spacial score (nSPS) is 10.3. The SMILES string of the molecule is CC(=O)SCc1[nH]c(=O)n(C(C)=O)c1C. The third-order valence-electron chi connectivity index (χ3n) is 1.97. The third kappa shape index (κ3) is 2.59. The molecule has 0 saturated carbocycles. The zero-order chi connectivity index (χ0) is 11.6. The molecule has 1 N–H and O–H groups in total. The zero-order valence-corrected chi connectivity index (χ0v) is 9.60. The van der Waals surface area contributed by atoms with Crippen LogP contribution in [0.2, 0.25) is 0 Å². The lowest BCUT2D eigenvalue weighted by atomic mass is 10.4. The van der Waals surface area contributed by atoms with Gasteiger partial charge in [-0.3, -0.25) is 9.59 Å². The number of hydrogen-bond donors (Lipinski definition) is 1. The van der Waals surface area contributed by atoms with Gasteiger partial charge in [0.15, 0.2) is 5.12 Å². The van der Waals surface area contributed by atoms with E-state index >= 15 is 0 Å². The van der Waals surface area contributed by atoms with Gasteiger partial charge in [0.25, 0.3) is 0 Å². The standard InChI is InChI=1S/C9H12N2O3S/c1-5-8(4-15-7(3)13)10-9(14)11(5)6(2)12/h4H2,1-3H3,(H,10,14). The molecule has 5 nitrogen and oxygen atoms in total. The number of hydrogen-bond acceptors (Lipinski definition) is 4. The fraction of sp³-hybridized carbons (Fsp3) is 0.444. The molecule has 1 rings (SSSR count). The van der Waals surface area contributed by atoms with Gasteiger partial charge < -0.3 is 4.98 Å². The Morgan fingerprint density at radius 1 is 1.40 bits per heavy atom. The average Bonchev–Trinajstić information content (AvgIpc) is 2.37. The molecule has 1 aromatic heterocycles. The fourth-order valence-electron chi connectivity index (χ4n) is 1.26. The lowest BCUT2D eigenvalue weighted by Gasteiger charge is -1.99. The second-order valence-electron chi connectivity index (χ2n) is 3.13. The van der Waals surface area contributed by atoms with Crippen LogP contribution in [0.4, 0.5) is 0 Å². The van der Waals surface area contributed by atoms with E-state index in [1.165, 1.54) is 13.8 Å². The zero-order valence-electron chi connectivity index (χ0n) is 8.79. The van der Waals surface area contributed by atoms with E-state index in [-0.39, 0.29) is 11.0 Å². The van der Waals surface area contributed by atoms with Crippen LogP contribution in [0.3, 0.4) is 0 Å². The topological polar surface area (TPSA) is 71.9 Å². The molecule has 0 spiro atoms. The number of thioether (sulfide) groups is 1. The van der Waals surface area contributed by atoms with Crippen molar-refractivity contribution < 1.29 is 9.59 Å². The fourth-order valence-corrected chi connectivity index (χ4v) is 1.88. The average molecular weight is 228 g/mol. The summed E-state index contributed by atoms with van der Waals surface area (Å²) < 4.78 is 1.07. The maximum Gasteiger partial charge on any atom is 0.332 e. The number of aromatic nitrogens is 2. The number of rotatable bonds is 2. The lowest BCUT2D eigenvalue weighted by molar-refractivity contribution is -0.109. The molecule has 0 saturated heterocycles. The van der Waals surface area contributed by atoms with Gasteiger partial charge >= 0.3 is 5.69 Å². The first-order valence-corrected chi connectivity index (χ1v) is 5.37. The summed E-state index contributed by atoms with van der Waals surface area (Å²) in [7, 11) is 0. The van der Waals surface area contributed by atoms with Crippen molar-refractivity contribution in [2.45, 2.75) is 26.5 Å². The minimum absolute atomic E-state index is 0.0224. The van der Waals surface area contributed by atoms with E-state index < -0.39 is 5.69 Å². The maximum atomic E-state index is 11.3. The predicted octanol–water partition coefficient (Wildman–Crippen LogP) is 0.925. The second-order valence-corrected chi connectivity index (χ2v) is 4.28. The number of nitrogens with one attached hydrogen (secondary N) is 1. The minimum atomic E-state index is -0.445. The van der Waals surface area contributed by atoms with Crippen LogP contribution < -0.4 is 5.69 Å². The van der Waals surface area contributed by atoms with E-state index in [2.05, 4.69) is 4.98 Å². The van der Waals surface area contributed by atoms with Crippen LogP contribution in [0.15, 0.2) is 4.79 Å². The summed E-state index contributed by atoms with van der Waals surface area (Å²) in [5.41, 5.74) is 0.746. The first-order chi connectivity index (χ1) is 6.93. The van der Waals surface area contributed by atoms with Crippen LogP contribution in [0.25, 0.3) is 0 Å². The molecule has 0 aliphatic carbocycles. The van der Waals surface area contributed by atoms with Crippen LogP contribution in [0.5, 0.6) is 0 Å². The Morgan fingerprint density at radius 2 is 2.00 bits per heavy atom. The van der Waals surface area contributed by atoms with Crippen molar-refractivity contribution in [3.8, 4) is 0 Å². The molecule has 0 aliphatic heterocycles. The Labute approximate surface area is 90.9 Å². The van der Waals surface area contributed by atoms with E-state index in [0.717, 1.165) is 16.3 Å². The lowest BCUT2D eigenvalue weighted by Crippen LogP contribution is -2.22. The maximum absolute atomic E-state index is 11.3. The molecule has 0 radical (unpaired) electrons. The molecule has 0 aliphatic rings. The van der Waals surface area contributed by atoms with Crippen LogP contribution >= 0.6 is 11.8 Å². The van der Waals surface area contributed by atoms with E-state index in [0.29, 0.717) is 17.1 Å². The molecule has 0 atom stereocenters. The highest BCUT2D eigenvalue weighted by atomic mass is 32.2. The number of H-pyrrole nitrogens is 1. The molecule has 82 valence electrons. The van der Waals surface area contributed by atoms with Crippen molar-refractivity contribution >= 4 is 22.8 Å². The number of carbonyl (C=O) groups excluding carboxylic acids is 2. The van der Waals surface area contributed by atoms with E-state index in [1.807, 2.05) is 0 Å². The Morgan fingerprint density at radius 3 is 2.40 bits per heavy atom. The van der Waals surface area contributed by atoms with Gasteiger partial charge in [-0.1, -0.05) is 11.8 Å². The van der Waals surface area contributed by atoms with Crippen LogP contribution in [0, 0.1) is 6.92 Å².